The van der Waals surface area contributed by atoms with Crippen LogP contribution in [0.2, 0.25) is 5.02 Å². The van der Waals surface area contributed by atoms with Crippen LogP contribution in [0.25, 0.3) is 0 Å². The largest absolute Gasteiger partial charge is 0.391 e. The molecule has 0 radical (unpaired) electrons. The molecule has 1 fully saturated rings. The van der Waals surface area contributed by atoms with Gasteiger partial charge in [0.25, 0.3) is 5.91 Å². The second kappa shape index (κ2) is 4.90. The molecule has 1 unspecified atom stereocenters. The van der Waals surface area contributed by atoms with E-state index in [9.17, 15) is 9.90 Å². The number of aliphatic hydroxyl groups is 1. The summed E-state index contributed by atoms with van der Waals surface area (Å²) in [7, 11) is 0. The zero-order valence-corrected chi connectivity index (χ0v) is 11.4. The van der Waals surface area contributed by atoms with E-state index in [0.29, 0.717) is 17.1 Å². The number of carbonyl (C=O) groups is 1. The number of rotatable bonds is 1. The van der Waals surface area contributed by atoms with E-state index in [0.717, 1.165) is 12.8 Å². The first-order valence-electron chi connectivity index (χ1n) is 6.19. The lowest BCUT2D eigenvalue weighted by molar-refractivity contribution is -0.0307. The number of likely N-dealkylation sites (tertiary alicyclic amines) is 1. The highest BCUT2D eigenvalue weighted by Crippen LogP contribution is 2.30. The number of amides is 1. The van der Waals surface area contributed by atoms with Crippen LogP contribution in [0.5, 0.6) is 0 Å². The Labute approximate surface area is 112 Å². The van der Waals surface area contributed by atoms with Crippen molar-refractivity contribution in [3.8, 4) is 0 Å². The lowest BCUT2D eigenvalue weighted by atomic mass is 9.86. The Kier molecular flexibility index (Phi) is 3.64. The van der Waals surface area contributed by atoms with Crippen LogP contribution >= 0.6 is 11.6 Å². The highest BCUT2D eigenvalue weighted by atomic mass is 35.5. The van der Waals surface area contributed by atoms with Gasteiger partial charge in [-0.25, -0.2) is 0 Å². The average molecular weight is 268 g/mol. The van der Waals surface area contributed by atoms with Gasteiger partial charge in [0.05, 0.1) is 22.2 Å². The van der Waals surface area contributed by atoms with Gasteiger partial charge in [-0.15, -0.1) is 0 Å². The van der Waals surface area contributed by atoms with E-state index in [2.05, 4.69) is 0 Å². The fraction of sp³-hybridized carbons (Fsp3) is 0.500. The van der Waals surface area contributed by atoms with Crippen molar-refractivity contribution >= 4 is 17.5 Å². The summed E-state index contributed by atoms with van der Waals surface area (Å²) < 4.78 is 0. The van der Waals surface area contributed by atoms with E-state index in [4.69, 9.17) is 11.6 Å². The Hall–Kier alpha value is -1.06. The molecule has 1 amide bonds. The average Bonchev–Trinajstić information content (AvgIpc) is 2.32. The van der Waals surface area contributed by atoms with E-state index in [1.165, 1.54) is 0 Å². The van der Waals surface area contributed by atoms with Crippen molar-refractivity contribution in [2.24, 2.45) is 0 Å². The van der Waals surface area contributed by atoms with Crippen molar-refractivity contribution < 1.29 is 9.90 Å². The number of hydrogen-bond acceptors (Lipinski definition) is 2. The minimum Gasteiger partial charge on any atom is -0.391 e. The van der Waals surface area contributed by atoms with E-state index < -0.39 is 11.6 Å². The molecule has 0 saturated carbocycles. The number of nitrogens with zero attached hydrogens (tertiary/aromatic N) is 1. The Bertz CT molecular complexity index is 459. The lowest BCUT2D eigenvalue weighted by Gasteiger charge is -2.45. The number of aliphatic hydroxyl groups excluding tert-OH is 1. The standard InChI is InChI=1S/C14H18ClNO2/c1-14(2)12(17)8-5-9-16(14)13(18)10-6-3-4-7-11(10)15/h3-4,6-7,12,17H,5,8-9H2,1-2H3. The van der Waals surface area contributed by atoms with Gasteiger partial charge in [0.1, 0.15) is 0 Å². The van der Waals surface area contributed by atoms with Gasteiger partial charge in [0.15, 0.2) is 0 Å². The van der Waals surface area contributed by atoms with Crippen LogP contribution in [0, 0.1) is 0 Å². The number of hydrogen-bond donors (Lipinski definition) is 1. The highest BCUT2D eigenvalue weighted by Gasteiger charge is 2.40. The quantitative estimate of drug-likeness (QED) is 0.850. The van der Waals surface area contributed by atoms with Crippen LogP contribution in [0.1, 0.15) is 37.0 Å². The summed E-state index contributed by atoms with van der Waals surface area (Å²) in [5.41, 5.74) is -0.0459. The monoisotopic (exact) mass is 267 g/mol. The van der Waals surface area contributed by atoms with E-state index in [-0.39, 0.29) is 5.91 Å². The minimum atomic E-state index is -0.547. The molecule has 98 valence electrons. The highest BCUT2D eigenvalue weighted by molar-refractivity contribution is 6.33. The molecular weight excluding hydrogens is 250 g/mol. The third-order valence-corrected chi connectivity index (χ3v) is 4.05. The van der Waals surface area contributed by atoms with Crippen molar-refractivity contribution in [3.05, 3.63) is 34.9 Å². The molecule has 0 bridgehead atoms. The van der Waals surface area contributed by atoms with Gasteiger partial charge in [0, 0.05) is 6.54 Å². The summed E-state index contributed by atoms with van der Waals surface area (Å²) in [4.78, 5) is 14.2. The van der Waals surface area contributed by atoms with Crippen molar-refractivity contribution in [3.63, 3.8) is 0 Å². The van der Waals surface area contributed by atoms with Gasteiger partial charge < -0.3 is 10.0 Å². The van der Waals surface area contributed by atoms with Crippen LogP contribution in [0.3, 0.4) is 0 Å². The molecular formula is C14H18ClNO2. The van der Waals surface area contributed by atoms with Crippen LogP contribution in [-0.2, 0) is 0 Å². The first kappa shape index (κ1) is 13.4. The normalized spacial score (nSPS) is 22.9. The topological polar surface area (TPSA) is 40.5 Å². The van der Waals surface area contributed by atoms with Gasteiger partial charge in [-0.05, 0) is 38.8 Å². The van der Waals surface area contributed by atoms with Gasteiger partial charge >= 0.3 is 0 Å². The van der Waals surface area contributed by atoms with E-state index >= 15 is 0 Å². The fourth-order valence-corrected chi connectivity index (χ4v) is 2.62. The summed E-state index contributed by atoms with van der Waals surface area (Å²) >= 11 is 6.06. The molecule has 1 aliphatic rings. The van der Waals surface area contributed by atoms with Crippen LogP contribution in [0.4, 0.5) is 0 Å². The zero-order valence-electron chi connectivity index (χ0n) is 10.7. The maximum Gasteiger partial charge on any atom is 0.255 e. The van der Waals surface area contributed by atoms with Gasteiger partial charge in [0.2, 0.25) is 0 Å². The first-order valence-corrected chi connectivity index (χ1v) is 6.57. The molecule has 1 aromatic carbocycles. The van der Waals surface area contributed by atoms with Gasteiger partial charge in [-0.3, -0.25) is 4.79 Å². The molecule has 3 nitrogen and oxygen atoms in total. The summed E-state index contributed by atoms with van der Waals surface area (Å²) in [5.74, 6) is -0.107. The SMILES string of the molecule is CC1(C)C(O)CCCN1C(=O)c1ccccc1Cl. The number of halogens is 1. The number of benzene rings is 1. The molecule has 1 aromatic rings. The smallest absolute Gasteiger partial charge is 0.255 e. The summed E-state index contributed by atoms with van der Waals surface area (Å²) in [6, 6.07) is 7.03. The van der Waals surface area contributed by atoms with E-state index in [1.54, 1.807) is 29.2 Å². The number of piperidine rings is 1. The van der Waals surface area contributed by atoms with Gasteiger partial charge in [-0.2, -0.15) is 0 Å². The third-order valence-electron chi connectivity index (χ3n) is 3.72. The molecule has 2 rings (SSSR count). The molecule has 1 atom stereocenters. The van der Waals surface area contributed by atoms with Crippen LogP contribution in [-0.4, -0.2) is 34.1 Å². The molecule has 1 heterocycles. The predicted octanol–water partition coefficient (Wildman–Crippen LogP) is 2.72. The Balaban J connectivity index is 2.31. The van der Waals surface area contributed by atoms with Crippen molar-refractivity contribution in [2.75, 3.05) is 6.54 Å². The Morgan fingerprint density at radius 3 is 2.78 bits per heavy atom. The van der Waals surface area contributed by atoms with Crippen molar-refractivity contribution in [2.45, 2.75) is 38.3 Å². The van der Waals surface area contributed by atoms with E-state index in [1.807, 2.05) is 13.8 Å². The number of carbonyl (C=O) groups excluding carboxylic acids is 1. The molecule has 0 aliphatic carbocycles. The predicted molar refractivity (Wildman–Crippen MR) is 71.8 cm³/mol. The first-order chi connectivity index (χ1) is 8.44. The minimum absolute atomic E-state index is 0.107. The molecule has 1 aliphatic heterocycles. The third kappa shape index (κ3) is 2.25. The van der Waals surface area contributed by atoms with Crippen molar-refractivity contribution in [1.29, 1.82) is 0 Å². The van der Waals surface area contributed by atoms with Crippen LogP contribution in [0.15, 0.2) is 24.3 Å². The Morgan fingerprint density at radius 2 is 2.11 bits per heavy atom. The summed E-state index contributed by atoms with van der Waals surface area (Å²) in [6.45, 7) is 4.45. The molecule has 1 N–H and O–H groups in total. The van der Waals surface area contributed by atoms with Crippen LogP contribution < -0.4 is 0 Å². The molecule has 0 aromatic heterocycles. The Morgan fingerprint density at radius 1 is 1.44 bits per heavy atom. The fourth-order valence-electron chi connectivity index (χ4n) is 2.41. The second-order valence-electron chi connectivity index (χ2n) is 5.25. The summed E-state index contributed by atoms with van der Waals surface area (Å²) in [5, 5.41) is 10.5. The lowest BCUT2D eigenvalue weighted by Crippen LogP contribution is -2.58. The maximum absolute atomic E-state index is 12.5. The molecule has 1 saturated heterocycles. The molecule has 0 spiro atoms. The second-order valence-corrected chi connectivity index (χ2v) is 5.66. The molecule has 4 heteroatoms. The maximum atomic E-state index is 12.5. The zero-order chi connectivity index (χ0) is 13.3. The molecule has 18 heavy (non-hydrogen) atoms. The van der Waals surface area contributed by atoms with Crippen molar-refractivity contribution in [1.82, 2.24) is 4.90 Å². The van der Waals surface area contributed by atoms with Gasteiger partial charge in [-0.1, -0.05) is 23.7 Å². The summed E-state index contributed by atoms with van der Waals surface area (Å²) in [6.07, 6.45) is 1.07.